The lowest BCUT2D eigenvalue weighted by Crippen LogP contribution is -2.14. The van der Waals surface area contributed by atoms with Crippen LogP contribution in [0.1, 0.15) is 25.0 Å². The van der Waals surface area contributed by atoms with E-state index >= 15 is 0 Å². The third kappa shape index (κ3) is 3.96. The molecule has 0 unspecified atom stereocenters. The van der Waals surface area contributed by atoms with Crippen molar-refractivity contribution in [3.05, 3.63) is 139 Å². The van der Waals surface area contributed by atoms with Gasteiger partial charge >= 0.3 is 0 Å². The van der Waals surface area contributed by atoms with Gasteiger partial charge in [-0.25, -0.2) is 15.0 Å². The molecular formula is C42H27N3OS. The van der Waals surface area contributed by atoms with E-state index in [0.29, 0.717) is 17.5 Å². The second kappa shape index (κ2) is 9.68. The summed E-state index contributed by atoms with van der Waals surface area (Å²) >= 11 is 1.81. The molecule has 0 amide bonds. The smallest absolute Gasteiger partial charge is 0.164 e. The predicted molar refractivity (Wildman–Crippen MR) is 194 cm³/mol. The van der Waals surface area contributed by atoms with E-state index in [-0.39, 0.29) is 5.41 Å². The van der Waals surface area contributed by atoms with Crippen molar-refractivity contribution in [2.45, 2.75) is 19.3 Å². The van der Waals surface area contributed by atoms with Crippen LogP contribution in [0.5, 0.6) is 0 Å². The van der Waals surface area contributed by atoms with E-state index in [0.717, 1.165) is 38.6 Å². The van der Waals surface area contributed by atoms with Gasteiger partial charge in [-0.2, -0.15) is 0 Å². The van der Waals surface area contributed by atoms with Crippen molar-refractivity contribution in [1.29, 1.82) is 0 Å². The summed E-state index contributed by atoms with van der Waals surface area (Å²) in [6, 6.07) is 44.8. The molecule has 3 aromatic heterocycles. The van der Waals surface area contributed by atoms with Crippen LogP contribution in [0.2, 0.25) is 0 Å². The highest BCUT2D eigenvalue weighted by Gasteiger charge is 2.36. The summed E-state index contributed by atoms with van der Waals surface area (Å²) < 4.78 is 8.99. The highest BCUT2D eigenvalue weighted by atomic mass is 32.1. The monoisotopic (exact) mass is 621 g/mol. The molecule has 0 fully saturated rings. The zero-order valence-electron chi connectivity index (χ0n) is 25.8. The third-order valence-electron chi connectivity index (χ3n) is 9.73. The van der Waals surface area contributed by atoms with Gasteiger partial charge in [-0.15, -0.1) is 11.3 Å². The lowest BCUT2D eigenvalue weighted by molar-refractivity contribution is 0.647. The first-order valence-corrected chi connectivity index (χ1v) is 16.7. The molecule has 222 valence electrons. The lowest BCUT2D eigenvalue weighted by atomic mass is 9.82. The maximum absolute atomic E-state index is 6.46. The van der Waals surface area contributed by atoms with Gasteiger partial charge < -0.3 is 4.42 Å². The minimum Gasteiger partial charge on any atom is -0.456 e. The van der Waals surface area contributed by atoms with E-state index in [1.54, 1.807) is 0 Å². The standard InChI is InChI=1S/C42H27N3OS/c1-42(2)33-14-8-6-12-27(33)29-22-31-30-20-25(16-18-35(30)46-36(31)23-34(29)42)40-43-39(24-10-4-3-5-11-24)44-41(45-40)26-17-19-38-32(21-26)28-13-7-9-15-37(28)47-38/h3-23H,1-2H3. The number of rotatable bonds is 3. The van der Waals surface area contributed by atoms with Gasteiger partial charge in [0, 0.05) is 53.1 Å². The summed E-state index contributed by atoms with van der Waals surface area (Å²) in [6.07, 6.45) is 0. The Balaban J connectivity index is 1.17. The van der Waals surface area contributed by atoms with Crippen molar-refractivity contribution in [2.75, 3.05) is 0 Å². The molecule has 0 N–H and O–H groups in total. The Morgan fingerprint density at radius 1 is 0.468 bits per heavy atom. The summed E-state index contributed by atoms with van der Waals surface area (Å²) in [4.78, 5) is 15.1. The summed E-state index contributed by atoms with van der Waals surface area (Å²) in [5, 5.41) is 4.62. The van der Waals surface area contributed by atoms with Crippen molar-refractivity contribution in [2.24, 2.45) is 0 Å². The Bertz CT molecular complexity index is 2720. The van der Waals surface area contributed by atoms with Crippen molar-refractivity contribution >= 4 is 53.4 Å². The number of nitrogens with zero attached hydrogens (tertiary/aromatic N) is 3. The zero-order chi connectivity index (χ0) is 31.3. The van der Waals surface area contributed by atoms with Crippen LogP contribution in [-0.2, 0) is 5.41 Å². The van der Waals surface area contributed by atoms with Crippen LogP contribution in [0, 0.1) is 0 Å². The SMILES string of the molecule is CC1(C)c2ccccc2-c2cc3c(cc21)oc1ccc(-c2nc(-c4ccccc4)nc(-c4ccc5sc6ccccc6c5c4)n2)cc13. The van der Waals surface area contributed by atoms with E-state index in [1.165, 1.54) is 42.4 Å². The molecule has 0 saturated heterocycles. The number of benzene rings is 6. The van der Waals surface area contributed by atoms with E-state index < -0.39 is 0 Å². The van der Waals surface area contributed by atoms with Crippen LogP contribution in [0.25, 0.3) is 87.4 Å². The molecule has 6 aromatic carbocycles. The van der Waals surface area contributed by atoms with Gasteiger partial charge in [0.25, 0.3) is 0 Å². The van der Waals surface area contributed by atoms with Gasteiger partial charge in [0.15, 0.2) is 17.5 Å². The zero-order valence-corrected chi connectivity index (χ0v) is 26.6. The minimum absolute atomic E-state index is 0.0856. The van der Waals surface area contributed by atoms with Gasteiger partial charge in [0.2, 0.25) is 0 Å². The van der Waals surface area contributed by atoms with Gasteiger partial charge in [-0.3, -0.25) is 0 Å². The quantitative estimate of drug-likeness (QED) is 0.197. The molecule has 0 spiro atoms. The number of hydrogen-bond acceptors (Lipinski definition) is 5. The average molecular weight is 622 g/mol. The second-order valence-electron chi connectivity index (χ2n) is 12.9. The maximum Gasteiger partial charge on any atom is 0.164 e. The van der Waals surface area contributed by atoms with Crippen LogP contribution in [0.3, 0.4) is 0 Å². The average Bonchev–Trinajstić information content (AvgIpc) is 3.74. The normalized spacial score (nSPS) is 13.5. The minimum atomic E-state index is -0.0856. The van der Waals surface area contributed by atoms with Gasteiger partial charge in [-0.05, 0) is 76.9 Å². The maximum atomic E-state index is 6.46. The molecule has 4 nitrogen and oxygen atoms in total. The van der Waals surface area contributed by atoms with Crippen molar-refractivity contribution in [1.82, 2.24) is 15.0 Å². The molecule has 0 aliphatic heterocycles. The van der Waals surface area contributed by atoms with Crippen LogP contribution < -0.4 is 0 Å². The summed E-state index contributed by atoms with van der Waals surface area (Å²) in [5.41, 5.74) is 9.73. The van der Waals surface area contributed by atoms with Crippen molar-refractivity contribution < 1.29 is 4.42 Å². The van der Waals surface area contributed by atoms with Crippen LogP contribution >= 0.6 is 11.3 Å². The van der Waals surface area contributed by atoms with Crippen LogP contribution in [-0.4, -0.2) is 15.0 Å². The fourth-order valence-corrected chi connectivity index (χ4v) is 8.41. The van der Waals surface area contributed by atoms with Crippen molar-refractivity contribution in [3.63, 3.8) is 0 Å². The molecule has 1 aliphatic rings. The summed E-state index contributed by atoms with van der Waals surface area (Å²) in [6.45, 7) is 4.59. The van der Waals surface area contributed by atoms with E-state index in [9.17, 15) is 0 Å². The number of thiophene rings is 1. The highest BCUT2D eigenvalue weighted by molar-refractivity contribution is 7.25. The molecule has 5 heteroatoms. The molecule has 0 saturated carbocycles. The molecule has 0 bridgehead atoms. The first kappa shape index (κ1) is 26.6. The molecule has 1 aliphatic carbocycles. The molecule has 3 heterocycles. The van der Waals surface area contributed by atoms with Crippen LogP contribution in [0.15, 0.2) is 132 Å². The fraction of sp³-hybridized carbons (Fsp3) is 0.0714. The van der Waals surface area contributed by atoms with Gasteiger partial charge in [0.05, 0.1) is 0 Å². The molecule has 47 heavy (non-hydrogen) atoms. The van der Waals surface area contributed by atoms with E-state index in [2.05, 4.69) is 105 Å². The van der Waals surface area contributed by atoms with Gasteiger partial charge in [0.1, 0.15) is 11.2 Å². The Labute approximate surface area is 275 Å². The lowest BCUT2D eigenvalue weighted by Gasteiger charge is -2.21. The predicted octanol–water partition coefficient (Wildman–Crippen LogP) is 11.4. The first-order chi connectivity index (χ1) is 23.0. The molecule has 10 rings (SSSR count). The Morgan fingerprint density at radius 2 is 1.11 bits per heavy atom. The first-order valence-electron chi connectivity index (χ1n) is 15.9. The van der Waals surface area contributed by atoms with E-state index in [4.69, 9.17) is 19.4 Å². The summed E-state index contributed by atoms with van der Waals surface area (Å²) in [7, 11) is 0. The van der Waals surface area contributed by atoms with Crippen LogP contribution in [0.4, 0.5) is 0 Å². The number of furan rings is 1. The molecule has 0 radical (unpaired) electrons. The van der Waals surface area contributed by atoms with Gasteiger partial charge in [-0.1, -0.05) is 86.6 Å². The number of fused-ring (bicyclic) bond motifs is 9. The number of hydrogen-bond donors (Lipinski definition) is 0. The highest BCUT2D eigenvalue weighted by Crippen LogP contribution is 2.50. The van der Waals surface area contributed by atoms with E-state index in [1.807, 2.05) is 47.7 Å². The Morgan fingerprint density at radius 3 is 1.94 bits per heavy atom. The fourth-order valence-electron chi connectivity index (χ4n) is 7.33. The largest absolute Gasteiger partial charge is 0.456 e. The molecule has 9 aromatic rings. The Kier molecular flexibility index (Phi) is 5.47. The molecule has 0 atom stereocenters. The van der Waals surface area contributed by atoms with Crippen molar-refractivity contribution in [3.8, 4) is 45.3 Å². The Hall–Kier alpha value is -5.65. The topological polar surface area (TPSA) is 51.8 Å². The summed E-state index contributed by atoms with van der Waals surface area (Å²) in [5.74, 6) is 1.93. The third-order valence-corrected chi connectivity index (χ3v) is 10.9. The second-order valence-corrected chi connectivity index (χ2v) is 13.9. The number of aromatic nitrogens is 3. The molecular weight excluding hydrogens is 595 g/mol.